The molecule has 2 nitrogen and oxygen atoms in total. The Morgan fingerprint density at radius 3 is 2.80 bits per heavy atom. The molecular weight excluding hydrogens is 126 g/mol. The zero-order valence-electron chi connectivity index (χ0n) is 5.41. The molecule has 1 aliphatic rings. The highest BCUT2D eigenvalue weighted by Crippen LogP contribution is 2.22. The van der Waals surface area contributed by atoms with Gasteiger partial charge in [-0.3, -0.25) is 0 Å². The molecule has 50 valence electrons. The lowest BCUT2D eigenvalue weighted by Crippen LogP contribution is -2.19. The number of fused-ring (bicyclic) bond motifs is 1. The number of benzene rings is 1. The fraction of sp³-hybridized carbons (Fsp3) is 0.125. The average Bonchev–Trinajstić information content (AvgIpc) is 1.92. The van der Waals surface area contributed by atoms with Crippen molar-refractivity contribution in [2.45, 2.75) is 6.42 Å². The second-order valence-corrected chi connectivity index (χ2v) is 2.38. The van der Waals surface area contributed by atoms with Crippen LogP contribution in [0.25, 0.3) is 0 Å². The van der Waals surface area contributed by atoms with Crippen LogP contribution >= 0.6 is 0 Å². The first kappa shape index (κ1) is 5.47. The third-order valence-corrected chi connectivity index (χ3v) is 1.81. The van der Waals surface area contributed by atoms with Gasteiger partial charge in [0.05, 0.1) is 5.71 Å². The molecule has 0 aromatic heterocycles. The summed E-state index contributed by atoms with van der Waals surface area (Å²) in [6.07, 6.45) is 0.812. The predicted molar refractivity (Wildman–Crippen MR) is 38.5 cm³/mol. The number of hydrogen-bond donors (Lipinski definition) is 1. The Balaban J connectivity index is 2.53. The van der Waals surface area contributed by atoms with Gasteiger partial charge < -0.3 is 5.21 Å². The van der Waals surface area contributed by atoms with Crippen LogP contribution in [0.5, 0.6) is 0 Å². The van der Waals surface area contributed by atoms with Gasteiger partial charge in [-0.2, -0.15) is 0 Å². The molecule has 1 aromatic carbocycles. The maximum Gasteiger partial charge on any atom is 0.0914 e. The Morgan fingerprint density at radius 2 is 2.10 bits per heavy atom. The molecule has 0 atom stereocenters. The molecule has 1 N–H and O–H groups in total. The topological polar surface area (TPSA) is 32.6 Å². The summed E-state index contributed by atoms with van der Waals surface area (Å²) in [7, 11) is 0. The van der Waals surface area contributed by atoms with Crippen LogP contribution in [0.15, 0.2) is 29.4 Å². The SMILES string of the molecule is O/N=C1/Cc2ccccc21. The molecule has 0 bridgehead atoms. The van der Waals surface area contributed by atoms with Gasteiger partial charge in [-0.15, -0.1) is 0 Å². The lowest BCUT2D eigenvalue weighted by molar-refractivity contribution is 0.317. The lowest BCUT2D eigenvalue weighted by atomic mass is 9.87. The van der Waals surface area contributed by atoms with Crippen molar-refractivity contribution < 1.29 is 5.21 Å². The van der Waals surface area contributed by atoms with Crippen molar-refractivity contribution in [2.24, 2.45) is 5.16 Å². The maximum atomic E-state index is 8.42. The van der Waals surface area contributed by atoms with Crippen LogP contribution in [0.4, 0.5) is 0 Å². The van der Waals surface area contributed by atoms with Crippen molar-refractivity contribution in [2.75, 3.05) is 0 Å². The van der Waals surface area contributed by atoms with E-state index in [0.717, 1.165) is 17.7 Å². The van der Waals surface area contributed by atoms with Crippen molar-refractivity contribution in [1.82, 2.24) is 0 Å². The second kappa shape index (κ2) is 1.84. The van der Waals surface area contributed by atoms with Gasteiger partial charge in [0.1, 0.15) is 0 Å². The van der Waals surface area contributed by atoms with E-state index in [2.05, 4.69) is 5.16 Å². The molecule has 1 aromatic rings. The quantitative estimate of drug-likeness (QED) is 0.421. The third-order valence-electron chi connectivity index (χ3n) is 1.81. The van der Waals surface area contributed by atoms with E-state index in [4.69, 9.17) is 5.21 Å². The molecule has 0 saturated heterocycles. The van der Waals surface area contributed by atoms with Crippen molar-refractivity contribution in [3.8, 4) is 0 Å². The van der Waals surface area contributed by atoms with Gasteiger partial charge in [-0.1, -0.05) is 29.4 Å². The molecule has 0 radical (unpaired) electrons. The van der Waals surface area contributed by atoms with E-state index >= 15 is 0 Å². The number of nitrogens with zero attached hydrogens (tertiary/aromatic N) is 1. The molecule has 10 heavy (non-hydrogen) atoms. The van der Waals surface area contributed by atoms with Gasteiger partial charge in [0.15, 0.2) is 0 Å². The van der Waals surface area contributed by atoms with Crippen LogP contribution < -0.4 is 0 Å². The average molecular weight is 133 g/mol. The minimum Gasteiger partial charge on any atom is -0.411 e. The van der Waals surface area contributed by atoms with E-state index in [0.29, 0.717) is 0 Å². The predicted octanol–water partition coefficient (Wildman–Crippen LogP) is 1.42. The Labute approximate surface area is 58.8 Å². The molecule has 1 aliphatic carbocycles. The van der Waals surface area contributed by atoms with Crippen LogP contribution in [-0.4, -0.2) is 10.9 Å². The lowest BCUT2D eigenvalue weighted by Gasteiger charge is -2.18. The molecule has 0 amide bonds. The summed E-state index contributed by atoms with van der Waals surface area (Å²) >= 11 is 0. The third kappa shape index (κ3) is 0.559. The monoisotopic (exact) mass is 133 g/mol. The number of oxime groups is 1. The summed E-state index contributed by atoms with van der Waals surface area (Å²) in [6, 6.07) is 7.95. The highest BCUT2D eigenvalue weighted by Gasteiger charge is 2.19. The first-order valence-corrected chi connectivity index (χ1v) is 3.21. The van der Waals surface area contributed by atoms with Crippen molar-refractivity contribution in [3.63, 3.8) is 0 Å². The molecule has 0 fully saturated rings. The molecule has 2 rings (SSSR count). The highest BCUT2D eigenvalue weighted by atomic mass is 16.4. The first-order chi connectivity index (χ1) is 4.92. The first-order valence-electron chi connectivity index (χ1n) is 3.21. The van der Waals surface area contributed by atoms with Crippen LogP contribution in [-0.2, 0) is 6.42 Å². The Hall–Kier alpha value is -1.31. The molecule has 0 saturated carbocycles. The van der Waals surface area contributed by atoms with Gasteiger partial charge in [0.25, 0.3) is 0 Å². The van der Waals surface area contributed by atoms with Crippen molar-refractivity contribution >= 4 is 5.71 Å². The van der Waals surface area contributed by atoms with Crippen LogP contribution in [0, 0.1) is 0 Å². The highest BCUT2D eigenvalue weighted by molar-refractivity contribution is 6.09. The van der Waals surface area contributed by atoms with Crippen LogP contribution in [0.1, 0.15) is 11.1 Å². The van der Waals surface area contributed by atoms with Crippen molar-refractivity contribution in [1.29, 1.82) is 0 Å². The fourth-order valence-corrected chi connectivity index (χ4v) is 1.21. The number of hydrogen-bond acceptors (Lipinski definition) is 2. The van der Waals surface area contributed by atoms with Gasteiger partial charge in [0.2, 0.25) is 0 Å². The van der Waals surface area contributed by atoms with E-state index < -0.39 is 0 Å². The summed E-state index contributed by atoms with van der Waals surface area (Å²) in [5.41, 5.74) is 3.16. The Kier molecular flexibility index (Phi) is 1.01. The minimum atomic E-state index is 0.801. The summed E-state index contributed by atoms with van der Waals surface area (Å²) in [6.45, 7) is 0. The fourth-order valence-electron chi connectivity index (χ4n) is 1.21. The largest absolute Gasteiger partial charge is 0.411 e. The zero-order valence-corrected chi connectivity index (χ0v) is 5.41. The van der Waals surface area contributed by atoms with E-state index in [1.807, 2.05) is 24.3 Å². The normalized spacial score (nSPS) is 18.2. The van der Waals surface area contributed by atoms with E-state index in [1.54, 1.807) is 0 Å². The van der Waals surface area contributed by atoms with Gasteiger partial charge in [-0.25, -0.2) is 0 Å². The van der Waals surface area contributed by atoms with Gasteiger partial charge in [-0.05, 0) is 5.56 Å². The second-order valence-electron chi connectivity index (χ2n) is 2.38. The summed E-state index contributed by atoms with van der Waals surface area (Å²) < 4.78 is 0. The summed E-state index contributed by atoms with van der Waals surface area (Å²) in [4.78, 5) is 0. The zero-order chi connectivity index (χ0) is 6.97. The van der Waals surface area contributed by atoms with Gasteiger partial charge in [0, 0.05) is 12.0 Å². The van der Waals surface area contributed by atoms with E-state index in [1.165, 1.54) is 5.56 Å². The standard InChI is InChI=1S/C8H7NO/c10-9-8-5-6-3-1-2-4-7(6)8/h1-4,10H,5H2/b9-8-. The number of rotatable bonds is 0. The Morgan fingerprint density at radius 1 is 1.30 bits per heavy atom. The smallest absolute Gasteiger partial charge is 0.0914 e. The molecule has 0 aliphatic heterocycles. The molecule has 2 heteroatoms. The Bertz CT molecular complexity index is 291. The van der Waals surface area contributed by atoms with E-state index in [9.17, 15) is 0 Å². The molecule has 0 spiro atoms. The van der Waals surface area contributed by atoms with Gasteiger partial charge >= 0.3 is 0 Å². The molecule has 0 unspecified atom stereocenters. The van der Waals surface area contributed by atoms with Crippen molar-refractivity contribution in [3.05, 3.63) is 35.4 Å². The minimum absolute atomic E-state index is 0.801. The molecular formula is C8H7NO. The van der Waals surface area contributed by atoms with Crippen LogP contribution in [0.3, 0.4) is 0 Å². The van der Waals surface area contributed by atoms with E-state index in [-0.39, 0.29) is 0 Å². The maximum absolute atomic E-state index is 8.42. The molecule has 0 heterocycles. The summed E-state index contributed by atoms with van der Waals surface area (Å²) in [5, 5.41) is 11.6. The summed E-state index contributed by atoms with van der Waals surface area (Å²) in [5.74, 6) is 0. The van der Waals surface area contributed by atoms with Crippen LogP contribution in [0.2, 0.25) is 0 Å².